The van der Waals surface area contributed by atoms with Crippen molar-refractivity contribution in [2.24, 2.45) is 12.5 Å². The fourth-order valence-corrected chi connectivity index (χ4v) is 2.18. The van der Waals surface area contributed by atoms with E-state index in [1.807, 2.05) is 17.9 Å². The van der Waals surface area contributed by atoms with Crippen LogP contribution in [0.1, 0.15) is 31.4 Å². The van der Waals surface area contributed by atoms with E-state index in [4.69, 9.17) is 0 Å². The molecule has 0 unspecified atom stereocenters. The molecule has 82 valence electrons. The highest BCUT2D eigenvalue weighted by Crippen LogP contribution is 2.48. The predicted molar refractivity (Wildman–Crippen MR) is 59.6 cm³/mol. The van der Waals surface area contributed by atoms with Crippen molar-refractivity contribution in [2.45, 2.75) is 38.1 Å². The lowest BCUT2D eigenvalue weighted by Gasteiger charge is -2.14. The SMILES string of the molecule is Cn1ccc(CC2(CNC3CC3)CC2)n1. The minimum absolute atomic E-state index is 0.553. The second-order valence-electron chi connectivity index (χ2n) is 5.31. The maximum atomic E-state index is 4.47. The zero-order valence-electron chi connectivity index (χ0n) is 9.37. The first kappa shape index (κ1) is 9.40. The van der Waals surface area contributed by atoms with Crippen molar-refractivity contribution < 1.29 is 0 Å². The molecule has 15 heavy (non-hydrogen) atoms. The molecule has 0 amide bonds. The Bertz CT molecular complexity index is 348. The van der Waals surface area contributed by atoms with Crippen LogP contribution >= 0.6 is 0 Å². The van der Waals surface area contributed by atoms with E-state index in [2.05, 4.69) is 16.5 Å². The number of aryl methyl sites for hydroxylation is 1. The number of hydrogen-bond acceptors (Lipinski definition) is 2. The quantitative estimate of drug-likeness (QED) is 0.789. The molecule has 2 saturated carbocycles. The van der Waals surface area contributed by atoms with E-state index in [1.54, 1.807) is 0 Å². The van der Waals surface area contributed by atoms with Gasteiger partial charge in [0.15, 0.2) is 0 Å². The number of aromatic nitrogens is 2. The third-order valence-corrected chi connectivity index (χ3v) is 3.63. The highest BCUT2D eigenvalue weighted by atomic mass is 15.2. The van der Waals surface area contributed by atoms with Gasteiger partial charge in [0.05, 0.1) is 5.69 Å². The molecule has 1 N–H and O–H groups in total. The van der Waals surface area contributed by atoms with Crippen LogP contribution in [0.15, 0.2) is 12.3 Å². The Kier molecular flexibility index (Phi) is 2.09. The van der Waals surface area contributed by atoms with E-state index in [1.165, 1.54) is 37.9 Å². The molecule has 1 heterocycles. The van der Waals surface area contributed by atoms with Gasteiger partial charge in [-0.05, 0) is 43.6 Å². The van der Waals surface area contributed by atoms with Crippen molar-refractivity contribution in [1.29, 1.82) is 0 Å². The lowest BCUT2D eigenvalue weighted by atomic mass is 10.0. The summed E-state index contributed by atoms with van der Waals surface area (Å²) < 4.78 is 1.90. The van der Waals surface area contributed by atoms with Crippen LogP contribution in [0.2, 0.25) is 0 Å². The third-order valence-electron chi connectivity index (χ3n) is 3.63. The normalized spacial score (nSPS) is 23.0. The fraction of sp³-hybridized carbons (Fsp3) is 0.750. The molecule has 1 aromatic heterocycles. The number of nitrogens with zero attached hydrogens (tertiary/aromatic N) is 2. The average molecular weight is 205 g/mol. The van der Waals surface area contributed by atoms with E-state index in [0.29, 0.717) is 5.41 Å². The molecule has 0 aromatic carbocycles. The highest BCUT2D eigenvalue weighted by Gasteiger charge is 2.43. The lowest BCUT2D eigenvalue weighted by molar-refractivity contribution is 0.447. The van der Waals surface area contributed by atoms with Crippen molar-refractivity contribution in [3.8, 4) is 0 Å². The van der Waals surface area contributed by atoms with E-state index in [0.717, 1.165) is 12.5 Å². The van der Waals surface area contributed by atoms with E-state index < -0.39 is 0 Å². The van der Waals surface area contributed by atoms with E-state index in [9.17, 15) is 0 Å². The minimum Gasteiger partial charge on any atom is -0.313 e. The summed E-state index contributed by atoms with van der Waals surface area (Å²) in [5.41, 5.74) is 1.81. The van der Waals surface area contributed by atoms with Crippen LogP contribution in [-0.2, 0) is 13.5 Å². The molecule has 3 heteroatoms. The second-order valence-corrected chi connectivity index (χ2v) is 5.31. The highest BCUT2D eigenvalue weighted by molar-refractivity contribution is 5.09. The van der Waals surface area contributed by atoms with Gasteiger partial charge in [0.25, 0.3) is 0 Å². The van der Waals surface area contributed by atoms with Crippen LogP contribution in [0.5, 0.6) is 0 Å². The molecule has 0 bridgehead atoms. The molecule has 0 radical (unpaired) electrons. The van der Waals surface area contributed by atoms with Gasteiger partial charge >= 0.3 is 0 Å². The second kappa shape index (κ2) is 3.34. The zero-order chi connectivity index (χ0) is 10.3. The van der Waals surface area contributed by atoms with E-state index >= 15 is 0 Å². The van der Waals surface area contributed by atoms with Gasteiger partial charge in [0.1, 0.15) is 0 Å². The van der Waals surface area contributed by atoms with Gasteiger partial charge < -0.3 is 5.32 Å². The first-order valence-corrected chi connectivity index (χ1v) is 5.98. The fourth-order valence-electron chi connectivity index (χ4n) is 2.18. The van der Waals surface area contributed by atoms with Gasteiger partial charge in [0, 0.05) is 25.8 Å². The summed E-state index contributed by atoms with van der Waals surface area (Å²) in [6, 6.07) is 2.99. The van der Waals surface area contributed by atoms with Gasteiger partial charge in [0.2, 0.25) is 0 Å². The Balaban J connectivity index is 1.56. The summed E-state index contributed by atoms with van der Waals surface area (Å²) in [4.78, 5) is 0. The van der Waals surface area contributed by atoms with Crippen LogP contribution < -0.4 is 5.32 Å². The molecule has 1 aromatic rings. The standard InChI is InChI=1S/C12H19N3/c1-15-7-4-11(14-15)8-12(5-6-12)9-13-10-2-3-10/h4,7,10,13H,2-3,5-6,8-9H2,1H3. The first-order valence-electron chi connectivity index (χ1n) is 5.98. The Labute approximate surface area is 90.9 Å². The first-order chi connectivity index (χ1) is 7.26. The van der Waals surface area contributed by atoms with Gasteiger partial charge in [-0.1, -0.05) is 0 Å². The molecule has 2 aliphatic carbocycles. The molecule has 0 saturated heterocycles. The van der Waals surface area contributed by atoms with Crippen LogP contribution in [0.4, 0.5) is 0 Å². The van der Waals surface area contributed by atoms with Crippen LogP contribution in [0.25, 0.3) is 0 Å². The Morgan fingerprint density at radius 3 is 2.87 bits per heavy atom. The van der Waals surface area contributed by atoms with Gasteiger partial charge in [-0.25, -0.2) is 0 Å². The molecular formula is C12H19N3. The van der Waals surface area contributed by atoms with Crippen LogP contribution in [0.3, 0.4) is 0 Å². The topological polar surface area (TPSA) is 29.9 Å². The molecule has 3 nitrogen and oxygen atoms in total. The summed E-state index contributed by atoms with van der Waals surface area (Å²) in [7, 11) is 1.99. The molecule has 0 atom stereocenters. The molecule has 0 spiro atoms. The maximum Gasteiger partial charge on any atom is 0.0630 e. The van der Waals surface area contributed by atoms with E-state index in [-0.39, 0.29) is 0 Å². The molecule has 3 rings (SSSR count). The van der Waals surface area contributed by atoms with Gasteiger partial charge in [-0.3, -0.25) is 4.68 Å². The minimum atomic E-state index is 0.553. The van der Waals surface area contributed by atoms with Gasteiger partial charge in [-0.15, -0.1) is 0 Å². The molecule has 2 fully saturated rings. The summed E-state index contributed by atoms with van der Waals surface area (Å²) >= 11 is 0. The number of hydrogen-bond donors (Lipinski definition) is 1. The molecular weight excluding hydrogens is 186 g/mol. The van der Waals surface area contributed by atoms with Crippen LogP contribution in [-0.4, -0.2) is 22.4 Å². The lowest BCUT2D eigenvalue weighted by Crippen LogP contribution is -2.27. The number of nitrogens with one attached hydrogen (secondary N) is 1. The predicted octanol–water partition coefficient (Wildman–Crippen LogP) is 1.49. The van der Waals surface area contributed by atoms with Gasteiger partial charge in [-0.2, -0.15) is 5.10 Å². The molecule has 2 aliphatic rings. The summed E-state index contributed by atoms with van der Waals surface area (Å²) in [6.07, 6.45) is 8.74. The maximum absolute atomic E-state index is 4.47. The molecule has 0 aliphatic heterocycles. The van der Waals surface area contributed by atoms with Crippen molar-refractivity contribution in [3.05, 3.63) is 18.0 Å². The van der Waals surface area contributed by atoms with Crippen LogP contribution in [0, 0.1) is 5.41 Å². The summed E-state index contributed by atoms with van der Waals surface area (Å²) in [6.45, 7) is 1.20. The zero-order valence-corrected chi connectivity index (χ0v) is 9.37. The Morgan fingerprint density at radius 2 is 2.33 bits per heavy atom. The summed E-state index contributed by atoms with van der Waals surface area (Å²) in [5.74, 6) is 0. The van der Waals surface area contributed by atoms with Crippen molar-refractivity contribution >= 4 is 0 Å². The third kappa shape index (κ3) is 2.23. The largest absolute Gasteiger partial charge is 0.313 e. The monoisotopic (exact) mass is 205 g/mol. The Hall–Kier alpha value is -0.830. The van der Waals surface area contributed by atoms with Crippen molar-refractivity contribution in [1.82, 2.24) is 15.1 Å². The van der Waals surface area contributed by atoms with Crippen molar-refractivity contribution in [3.63, 3.8) is 0 Å². The smallest absolute Gasteiger partial charge is 0.0630 e. The Morgan fingerprint density at radius 1 is 1.53 bits per heavy atom. The number of rotatable bonds is 5. The average Bonchev–Trinajstić information content (AvgIpc) is 3.08. The van der Waals surface area contributed by atoms with Crippen molar-refractivity contribution in [2.75, 3.05) is 6.54 Å². The summed E-state index contributed by atoms with van der Waals surface area (Å²) in [5, 5.41) is 8.12.